The zero-order valence-corrected chi connectivity index (χ0v) is 17.9. The number of thiazole rings is 1. The van der Waals surface area contributed by atoms with Gasteiger partial charge in [0.25, 0.3) is 10.2 Å². The van der Waals surface area contributed by atoms with Gasteiger partial charge < -0.3 is 10.1 Å². The van der Waals surface area contributed by atoms with Crippen molar-refractivity contribution in [1.82, 2.24) is 14.0 Å². The van der Waals surface area contributed by atoms with Gasteiger partial charge in [-0.3, -0.25) is 4.79 Å². The summed E-state index contributed by atoms with van der Waals surface area (Å²) >= 11 is 7.08. The van der Waals surface area contributed by atoms with Crippen molar-refractivity contribution in [1.29, 1.82) is 0 Å². The topological polar surface area (TPSA) is 101 Å². The van der Waals surface area contributed by atoms with E-state index in [1.54, 1.807) is 11.6 Å². The molecule has 0 saturated carbocycles. The first-order valence-electron chi connectivity index (χ1n) is 8.75. The van der Waals surface area contributed by atoms with E-state index in [1.807, 2.05) is 0 Å². The molecule has 3 rings (SSSR count). The summed E-state index contributed by atoms with van der Waals surface area (Å²) in [4.78, 5) is 17.1. The Morgan fingerprint density at radius 2 is 2.31 bits per heavy atom. The minimum Gasteiger partial charge on any atom is -0.385 e. The number of nitrogens with zero attached hydrogens (tertiary/aromatic N) is 2. The second-order valence-electron chi connectivity index (χ2n) is 6.37. The van der Waals surface area contributed by atoms with Gasteiger partial charge in [0.2, 0.25) is 5.91 Å². The lowest BCUT2D eigenvalue weighted by atomic mass is 10.1. The van der Waals surface area contributed by atoms with Gasteiger partial charge in [0.15, 0.2) is 0 Å². The van der Waals surface area contributed by atoms with Gasteiger partial charge in [0, 0.05) is 37.5 Å². The molecule has 1 aromatic carbocycles. The van der Waals surface area contributed by atoms with Crippen molar-refractivity contribution < 1.29 is 22.3 Å². The summed E-state index contributed by atoms with van der Waals surface area (Å²) in [5.74, 6) is -1.14. The predicted molar refractivity (Wildman–Crippen MR) is 109 cm³/mol. The number of hydrogen-bond donors (Lipinski definition) is 2. The van der Waals surface area contributed by atoms with Crippen LogP contribution in [0.5, 0.6) is 0 Å². The molecule has 12 heteroatoms. The number of carbonyl (C=O) groups is 1. The van der Waals surface area contributed by atoms with Gasteiger partial charge in [-0.15, -0.1) is 11.3 Å². The van der Waals surface area contributed by atoms with Crippen molar-refractivity contribution in [2.45, 2.75) is 24.9 Å². The van der Waals surface area contributed by atoms with Crippen LogP contribution < -0.4 is 10.0 Å². The van der Waals surface area contributed by atoms with Crippen LogP contribution in [0.4, 0.5) is 10.1 Å². The third-order valence-corrected chi connectivity index (χ3v) is 7.19. The zero-order valence-electron chi connectivity index (χ0n) is 15.5. The SMILES string of the molecule is COCCCN1C(C(=O)Nc2ccc(F)c(Cl)c2)CC(c2nccs2)NS1(=O)=O. The Morgan fingerprint density at radius 3 is 2.97 bits per heavy atom. The first kappa shape index (κ1) is 22.1. The number of methoxy groups -OCH3 is 1. The van der Waals surface area contributed by atoms with Crippen molar-refractivity contribution in [3.05, 3.63) is 45.6 Å². The normalized spacial score (nSPS) is 21.8. The maximum absolute atomic E-state index is 13.4. The molecule has 158 valence electrons. The highest BCUT2D eigenvalue weighted by atomic mass is 35.5. The minimum absolute atomic E-state index is 0.107. The smallest absolute Gasteiger partial charge is 0.280 e. The number of ether oxygens (including phenoxy) is 1. The number of rotatable bonds is 7. The van der Waals surface area contributed by atoms with Gasteiger partial charge in [-0.2, -0.15) is 17.4 Å². The molecule has 2 N–H and O–H groups in total. The molecule has 0 bridgehead atoms. The van der Waals surface area contributed by atoms with Crippen LogP contribution in [0.2, 0.25) is 5.02 Å². The van der Waals surface area contributed by atoms with Crippen molar-refractivity contribution >= 4 is 44.7 Å². The standard InChI is InChI=1S/C17H20ClFN4O4S2/c1-27-7-2-6-23-15(16(24)21-11-3-4-13(19)12(18)9-11)10-14(22-29(23,25)26)17-20-5-8-28-17/h3-5,8-9,14-15,22H,2,6-7,10H2,1H3,(H,21,24). The van der Waals surface area contributed by atoms with Gasteiger partial charge in [0.05, 0.1) is 11.1 Å². The first-order valence-corrected chi connectivity index (χ1v) is 11.4. The molecule has 1 aliphatic rings. The second kappa shape index (κ2) is 9.45. The number of aromatic nitrogens is 1. The molecular weight excluding hydrogens is 443 g/mol. The van der Waals surface area contributed by atoms with Crippen LogP contribution in [0.15, 0.2) is 29.8 Å². The molecule has 0 spiro atoms. The molecular formula is C17H20ClFN4O4S2. The fraction of sp³-hybridized carbons (Fsp3) is 0.412. The highest BCUT2D eigenvalue weighted by molar-refractivity contribution is 7.87. The summed E-state index contributed by atoms with van der Waals surface area (Å²) in [7, 11) is -2.42. The number of halogens is 2. The summed E-state index contributed by atoms with van der Waals surface area (Å²) in [5.41, 5.74) is 0.278. The van der Waals surface area contributed by atoms with E-state index >= 15 is 0 Å². The van der Waals surface area contributed by atoms with Crippen molar-refractivity contribution in [3.8, 4) is 0 Å². The number of carbonyl (C=O) groups excluding carboxylic acids is 1. The molecule has 0 radical (unpaired) electrons. The van der Waals surface area contributed by atoms with Crippen LogP contribution in [0, 0.1) is 5.82 Å². The maximum atomic E-state index is 13.4. The molecule has 1 fully saturated rings. The number of nitrogens with one attached hydrogen (secondary N) is 2. The lowest BCUT2D eigenvalue weighted by Gasteiger charge is -2.37. The molecule has 0 aliphatic carbocycles. The largest absolute Gasteiger partial charge is 0.385 e. The fourth-order valence-corrected chi connectivity index (χ4v) is 5.59. The lowest BCUT2D eigenvalue weighted by Crippen LogP contribution is -2.58. The van der Waals surface area contributed by atoms with Crippen molar-refractivity contribution in [2.24, 2.45) is 0 Å². The van der Waals surface area contributed by atoms with E-state index in [9.17, 15) is 17.6 Å². The molecule has 1 aliphatic heterocycles. The minimum atomic E-state index is -3.93. The molecule has 8 nitrogen and oxygen atoms in total. The number of amides is 1. The molecule has 1 saturated heterocycles. The average molecular weight is 463 g/mol. The third kappa shape index (κ3) is 5.30. The van der Waals surface area contributed by atoms with Gasteiger partial charge in [-0.25, -0.2) is 9.37 Å². The van der Waals surface area contributed by atoms with E-state index in [0.717, 1.165) is 10.4 Å². The Bertz CT molecular complexity index is 958. The van der Waals surface area contributed by atoms with E-state index < -0.39 is 34.0 Å². The zero-order chi connectivity index (χ0) is 21.0. The number of hydrogen-bond acceptors (Lipinski definition) is 6. The Balaban J connectivity index is 1.85. The summed E-state index contributed by atoms with van der Waals surface area (Å²) in [6.45, 7) is 0.458. The Labute approximate surface area is 177 Å². The highest BCUT2D eigenvalue weighted by Crippen LogP contribution is 2.31. The Morgan fingerprint density at radius 1 is 1.52 bits per heavy atom. The van der Waals surface area contributed by atoms with E-state index in [-0.39, 0.29) is 23.7 Å². The van der Waals surface area contributed by atoms with Crippen LogP contribution in [0.3, 0.4) is 0 Å². The van der Waals surface area contributed by atoms with E-state index in [2.05, 4.69) is 15.0 Å². The third-order valence-electron chi connectivity index (χ3n) is 4.37. The Kier molecular flexibility index (Phi) is 7.19. The predicted octanol–water partition coefficient (Wildman–Crippen LogP) is 2.56. The monoisotopic (exact) mass is 462 g/mol. The average Bonchev–Trinajstić information content (AvgIpc) is 3.20. The van der Waals surface area contributed by atoms with Crippen LogP contribution >= 0.6 is 22.9 Å². The highest BCUT2D eigenvalue weighted by Gasteiger charge is 2.43. The molecule has 1 amide bonds. The molecule has 2 aromatic rings. The van der Waals surface area contributed by atoms with E-state index in [4.69, 9.17) is 16.3 Å². The van der Waals surface area contributed by atoms with Crippen LogP contribution in [-0.4, -0.2) is 49.9 Å². The van der Waals surface area contributed by atoms with E-state index in [1.165, 1.54) is 30.6 Å². The summed E-state index contributed by atoms with van der Waals surface area (Å²) in [6, 6.07) is 2.17. The molecule has 2 atom stereocenters. The van der Waals surface area contributed by atoms with Gasteiger partial charge in [-0.1, -0.05) is 11.6 Å². The number of benzene rings is 1. The molecule has 29 heavy (non-hydrogen) atoms. The second-order valence-corrected chi connectivity index (χ2v) is 9.36. The fourth-order valence-electron chi connectivity index (χ4n) is 3.04. The molecule has 2 heterocycles. The molecule has 2 unspecified atom stereocenters. The van der Waals surface area contributed by atoms with Gasteiger partial charge in [-0.05, 0) is 31.0 Å². The summed E-state index contributed by atoms with van der Waals surface area (Å²) in [6.07, 6.45) is 2.20. The maximum Gasteiger partial charge on any atom is 0.280 e. The number of anilines is 1. The summed E-state index contributed by atoms with van der Waals surface area (Å²) in [5, 5.41) is 4.81. The first-order chi connectivity index (χ1) is 13.8. The van der Waals surface area contributed by atoms with Gasteiger partial charge in [0.1, 0.15) is 16.9 Å². The van der Waals surface area contributed by atoms with Crippen LogP contribution in [0.25, 0.3) is 0 Å². The Hall–Kier alpha value is -1.63. The molecule has 1 aromatic heterocycles. The lowest BCUT2D eigenvalue weighted by molar-refractivity contribution is -0.120. The van der Waals surface area contributed by atoms with Crippen LogP contribution in [0.1, 0.15) is 23.9 Å². The van der Waals surface area contributed by atoms with Crippen molar-refractivity contribution in [2.75, 3.05) is 25.6 Å². The quantitative estimate of drug-likeness (QED) is 0.616. The van der Waals surface area contributed by atoms with Gasteiger partial charge >= 0.3 is 0 Å². The van der Waals surface area contributed by atoms with E-state index in [0.29, 0.717) is 18.0 Å². The summed E-state index contributed by atoms with van der Waals surface area (Å²) < 4.78 is 47.8. The van der Waals surface area contributed by atoms with Crippen molar-refractivity contribution in [3.63, 3.8) is 0 Å². The van der Waals surface area contributed by atoms with Crippen LogP contribution in [-0.2, 0) is 19.7 Å².